The van der Waals surface area contributed by atoms with Crippen LogP contribution < -0.4 is 16.0 Å². The van der Waals surface area contributed by atoms with E-state index in [1.54, 1.807) is 61.8 Å². The van der Waals surface area contributed by atoms with E-state index < -0.39 is 11.9 Å². The van der Waals surface area contributed by atoms with Crippen LogP contribution in [0.4, 0.5) is 5.69 Å². The van der Waals surface area contributed by atoms with Crippen LogP contribution in [-0.4, -0.2) is 28.7 Å². The number of nitrogens with one attached hydrogen (secondary N) is 3. The maximum absolute atomic E-state index is 12.4. The molecule has 0 fully saturated rings. The van der Waals surface area contributed by atoms with Crippen LogP contribution in [0.25, 0.3) is 0 Å². The van der Waals surface area contributed by atoms with Gasteiger partial charge in [-0.15, -0.1) is 0 Å². The number of benzene rings is 2. The minimum atomic E-state index is -0.799. The van der Waals surface area contributed by atoms with Gasteiger partial charge in [-0.3, -0.25) is 19.4 Å². The first-order chi connectivity index (χ1) is 15.3. The van der Waals surface area contributed by atoms with E-state index >= 15 is 0 Å². The molecule has 0 aliphatic carbocycles. The summed E-state index contributed by atoms with van der Waals surface area (Å²) in [4.78, 5) is 41.0. The summed E-state index contributed by atoms with van der Waals surface area (Å²) in [7, 11) is 0. The number of anilines is 1. The molecule has 0 radical (unpaired) electrons. The van der Waals surface area contributed by atoms with Crippen LogP contribution in [0.2, 0.25) is 10.0 Å². The Morgan fingerprint density at radius 2 is 1.69 bits per heavy atom. The van der Waals surface area contributed by atoms with Crippen molar-refractivity contribution in [2.24, 2.45) is 0 Å². The van der Waals surface area contributed by atoms with Gasteiger partial charge in [0.25, 0.3) is 11.8 Å². The van der Waals surface area contributed by atoms with E-state index in [9.17, 15) is 14.4 Å². The summed E-state index contributed by atoms with van der Waals surface area (Å²) in [6, 6.07) is 14.2. The fourth-order valence-electron chi connectivity index (χ4n) is 2.83. The summed E-state index contributed by atoms with van der Waals surface area (Å²) in [6.07, 6.45) is 3.09. The molecule has 1 unspecified atom stereocenters. The van der Waals surface area contributed by atoms with Gasteiger partial charge in [-0.05, 0) is 48.9 Å². The molecule has 164 valence electrons. The molecule has 0 saturated carbocycles. The van der Waals surface area contributed by atoms with Crippen LogP contribution in [0.5, 0.6) is 0 Å². The fourth-order valence-corrected chi connectivity index (χ4v) is 3.21. The number of aromatic nitrogens is 1. The second kappa shape index (κ2) is 10.7. The van der Waals surface area contributed by atoms with Crippen molar-refractivity contribution in [1.82, 2.24) is 15.6 Å². The highest BCUT2D eigenvalue weighted by atomic mass is 35.5. The summed E-state index contributed by atoms with van der Waals surface area (Å²) in [5, 5.41) is 8.55. The molecule has 3 aromatic rings. The molecular weight excluding hydrogens is 451 g/mol. The first-order valence-corrected chi connectivity index (χ1v) is 10.4. The van der Waals surface area contributed by atoms with Gasteiger partial charge in [0.1, 0.15) is 6.04 Å². The van der Waals surface area contributed by atoms with E-state index in [0.717, 1.165) is 5.56 Å². The lowest BCUT2D eigenvalue weighted by Gasteiger charge is -2.15. The average molecular weight is 471 g/mol. The maximum atomic E-state index is 12.4. The Kier molecular flexibility index (Phi) is 7.81. The van der Waals surface area contributed by atoms with Crippen LogP contribution >= 0.6 is 23.2 Å². The molecular formula is C23H20Cl2N4O3. The van der Waals surface area contributed by atoms with Crippen LogP contribution in [0.1, 0.15) is 33.2 Å². The van der Waals surface area contributed by atoms with Crippen LogP contribution in [0, 0.1) is 0 Å². The van der Waals surface area contributed by atoms with E-state index in [-0.39, 0.29) is 34.0 Å². The number of carbonyl (C=O) groups excluding carboxylic acids is 3. The van der Waals surface area contributed by atoms with Gasteiger partial charge < -0.3 is 16.0 Å². The van der Waals surface area contributed by atoms with Gasteiger partial charge in [0.15, 0.2) is 0 Å². The van der Waals surface area contributed by atoms with E-state index in [0.29, 0.717) is 11.3 Å². The number of carbonyl (C=O) groups is 3. The predicted molar refractivity (Wildman–Crippen MR) is 124 cm³/mol. The van der Waals surface area contributed by atoms with Gasteiger partial charge in [0.05, 0.1) is 15.6 Å². The van der Waals surface area contributed by atoms with Crippen molar-refractivity contribution in [3.8, 4) is 0 Å². The van der Waals surface area contributed by atoms with Gasteiger partial charge >= 0.3 is 0 Å². The number of hydrogen-bond acceptors (Lipinski definition) is 4. The second-order valence-corrected chi connectivity index (χ2v) is 7.69. The third-order valence-corrected chi connectivity index (χ3v) is 5.35. The number of hydrogen-bond donors (Lipinski definition) is 3. The number of amides is 3. The molecule has 2 aromatic carbocycles. The topological polar surface area (TPSA) is 100 Å². The Balaban J connectivity index is 1.55. The Labute approximate surface area is 195 Å². The van der Waals surface area contributed by atoms with Gasteiger partial charge in [-0.2, -0.15) is 0 Å². The normalized spacial score (nSPS) is 11.3. The zero-order chi connectivity index (χ0) is 23.1. The molecule has 0 bridgehead atoms. The number of pyridine rings is 1. The molecule has 0 aliphatic heterocycles. The van der Waals surface area contributed by atoms with Crippen molar-refractivity contribution in [3.05, 3.63) is 93.7 Å². The summed E-state index contributed by atoms with van der Waals surface area (Å²) in [5.74, 6) is -1.13. The zero-order valence-electron chi connectivity index (χ0n) is 17.1. The molecule has 32 heavy (non-hydrogen) atoms. The minimum absolute atomic E-state index is 0.130. The van der Waals surface area contributed by atoms with Gasteiger partial charge in [-0.1, -0.05) is 41.4 Å². The van der Waals surface area contributed by atoms with E-state index in [1.807, 2.05) is 6.07 Å². The molecule has 1 aromatic heterocycles. The van der Waals surface area contributed by atoms with Gasteiger partial charge in [0, 0.05) is 30.2 Å². The fraction of sp³-hybridized carbons (Fsp3) is 0.130. The standard InChI is InChI=1S/C23H20Cl2N4O3/c1-14(28-23(32)18-6-3-7-19(24)20(18)25)21(30)27-13-15-4-2-5-17(12-15)29-22(31)16-8-10-26-11-9-16/h2-12,14H,13H2,1H3,(H,27,30)(H,28,32)(H,29,31). The molecule has 1 heterocycles. The summed E-state index contributed by atoms with van der Waals surface area (Å²) in [6.45, 7) is 1.78. The summed E-state index contributed by atoms with van der Waals surface area (Å²) in [5.41, 5.74) is 2.05. The van der Waals surface area contributed by atoms with Crippen molar-refractivity contribution >= 4 is 46.6 Å². The molecule has 3 N–H and O–H groups in total. The highest BCUT2D eigenvalue weighted by Gasteiger charge is 2.19. The molecule has 1 atom stereocenters. The SMILES string of the molecule is CC(NC(=O)c1cccc(Cl)c1Cl)C(=O)NCc1cccc(NC(=O)c2ccncc2)c1. The van der Waals surface area contributed by atoms with Crippen LogP contribution in [-0.2, 0) is 11.3 Å². The zero-order valence-corrected chi connectivity index (χ0v) is 18.6. The third kappa shape index (κ3) is 6.06. The molecule has 0 aliphatic rings. The summed E-state index contributed by atoms with van der Waals surface area (Å²) >= 11 is 12.0. The maximum Gasteiger partial charge on any atom is 0.255 e. The Hall–Kier alpha value is -3.42. The lowest BCUT2D eigenvalue weighted by molar-refractivity contribution is -0.122. The average Bonchev–Trinajstić information content (AvgIpc) is 2.80. The van der Waals surface area contributed by atoms with Crippen molar-refractivity contribution < 1.29 is 14.4 Å². The highest BCUT2D eigenvalue weighted by Crippen LogP contribution is 2.25. The van der Waals surface area contributed by atoms with Crippen molar-refractivity contribution in [3.63, 3.8) is 0 Å². The van der Waals surface area contributed by atoms with E-state index in [1.165, 1.54) is 6.07 Å². The smallest absolute Gasteiger partial charge is 0.255 e. The second-order valence-electron chi connectivity index (χ2n) is 6.90. The lowest BCUT2D eigenvalue weighted by atomic mass is 10.1. The molecule has 0 spiro atoms. The Bertz CT molecular complexity index is 1140. The van der Waals surface area contributed by atoms with Crippen LogP contribution in [0.3, 0.4) is 0 Å². The first kappa shape index (κ1) is 23.2. The number of halogens is 2. The monoisotopic (exact) mass is 470 g/mol. The third-order valence-electron chi connectivity index (χ3n) is 4.53. The molecule has 9 heteroatoms. The predicted octanol–water partition coefficient (Wildman–Crippen LogP) is 4.08. The Morgan fingerprint density at radius 3 is 2.44 bits per heavy atom. The number of nitrogens with zero attached hydrogens (tertiary/aromatic N) is 1. The molecule has 7 nitrogen and oxygen atoms in total. The van der Waals surface area contributed by atoms with Crippen molar-refractivity contribution in [2.45, 2.75) is 19.5 Å². The Morgan fingerprint density at radius 1 is 0.969 bits per heavy atom. The van der Waals surface area contributed by atoms with E-state index in [4.69, 9.17) is 23.2 Å². The highest BCUT2D eigenvalue weighted by molar-refractivity contribution is 6.43. The lowest BCUT2D eigenvalue weighted by Crippen LogP contribution is -2.44. The van der Waals surface area contributed by atoms with Crippen molar-refractivity contribution in [1.29, 1.82) is 0 Å². The summed E-state index contributed by atoms with van der Waals surface area (Å²) < 4.78 is 0. The van der Waals surface area contributed by atoms with Crippen molar-refractivity contribution in [2.75, 3.05) is 5.32 Å². The van der Waals surface area contributed by atoms with Crippen LogP contribution in [0.15, 0.2) is 67.0 Å². The molecule has 3 amide bonds. The number of rotatable bonds is 7. The van der Waals surface area contributed by atoms with Gasteiger partial charge in [-0.25, -0.2) is 0 Å². The first-order valence-electron chi connectivity index (χ1n) is 9.68. The quantitative estimate of drug-likeness (QED) is 0.484. The van der Waals surface area contributed by atoms with E-state index in [2.05, 4.69) is 20.9 Å². The minimum Gasteiger partial charge on any atom is -0.350 e. The molecule has 3 rings (SSSR count). The largest absolute Gasteiger partial charge is 0.350 e. The molecule has 0 saturated heterocycles. The van der Waals surface area contributed by atoms with Gasteiger partial charge in [0.2, 0.25) is 5.91 Å².